The van der Waals surface area contributed by atoms with Crippen LogP contribution in [-0.2, 0) is 6.18 Å². The van der Waals surface area contributed by atoms with Crippen LogP contribution >= 0.6 is 22.9 Å². The van der Waals surface area contributed by atoms with Gasteiger partial charge in [-0.3, -0.25) is 0 Å². The first kappa shape index (κ1) is 19.8. The first-order valence-electron chi connectivity index (χ1n) is 8.84. The van der Waals surface area contributed by atoms with Crippen molar-refractivity contribution in [1.29, 1.82) is 0 Å². The van der Waals surface area contributed by atoms with Crippen LogP contribution in [0.4, 0.5) is 28.8 Å². The number of hydrogen-bond acceptors (Lipinski definition) is 4. The molecule has 2 amide bonds. The van der Waals surface area contributed by atoms with Crippen LogP contribution in [-0.4, -0.2) is 42.1 Å². The minimum atomic E-state index is -4.40. The summed E-state index contributed by atoms with van der Waals surface area (Å²) in [5, 5.41) is 4.19. The molecule has 29 heavy (non-hydrogen) atoms. The van der Waals surface area contributed by atoms with Gasteiger partial charge in [0.2, 0.25) is 0 Å². The molecule has 152 valence electrons. The van der Waals surface area contributed by atoms with Gasteiger partial charge in [0.05, 0.1) is 15.8 Å². The van der Waals surface area contributed by atoms with E-state index in [2.05, 4.69) is 15.2 Å². The fourth-order valence-electron chi connectivity index (χ4n) is 3.07. The van der Waals surface area contributed by atoms with Crippen LogP contribution in [0.15, 0.2) is 42.5 Å². The van der Waals surface area contributed by atoms with Gasteiger partial charge in [-0.1, -0.05) is 22.9 Å². The second-order valence-electron chi connectivity index (χ2n) is 6.59. The fourth-order valence-corrected chi connectivity index (χ4v) is 4.36. The molecule has 0 bridgehead atoms. The fraction of sp³-hybridized carbons (Fsp3) is 0.263. The van der Waals surface area contributed by atoms with E-state index in [1.54, 1.807) is 22.3 Å². The number of halogens is 4. The van der Waals surface area contributed by atoms with E-state index in [9.17, 15) is 18.0 Å². The number of carbonyl (C=O) groups is 1. The number of thiazole rings is 1. The van der Waals surface area contributed by atoms with Crippen molar-refractivity contribution >= 4 is 50.0 Å². The number of rotatable bonds is 2. The molecule has 0 radical (unpaired) electrons. The second kappa shape index (κ2) is 7.72. The molecule has 1 aromatic heterocycles. The van der Waals surface area contributed by atoms with E-state index in [1.807, 2.05) is 12.1 Å². The summed E-state index contributed by atoms with van der Waals surface area (Å²) in [5.41, 5.74) is 0.464. The van der Waals surface area contributed by atoms with Crippen LogP contribution in [0.3, 0.4) is 0 Å². The maximum Gasteiger partial charge on any atom is 0.416 e. The molecule has 1 N–H and O–H groups in total. The molecular formula is C19H16ClF3N4OS. The van der Waals surface area contributed by atoms with Crippen LogP contribution in [0.25, 0.3) is 10.2 Å². The molecule has 0 saturated carbocycles. The Kier molecular flexibility index (Phi) is 5.26. The number of piperazine rings is 1. The predicted octanol–water partition coefficient (Wildman–Crippen LogP) is 5.32. The van der Waals surface area contributed by atoms with Crippen LogP contribution < -0.4 is 10.2 Å². The maximum absolute atomic E-state index is 12.6. The highest BCUT2D eigenvalue weighted by Gasteiger charge is 2.30. The third kappa shape index (κ3) is 4.40. The van der Waals surface area contributed by atoms with E-state index in [4.69, 9.17) is 11.6 Å². The van der Waals surface area contributed by atoms with Crippen molar-refractivity contribution in [3.05, 3.63) is 53.1 Å². The molecule has 1 aliphatic rings. The average Bonchev–Trinajstić information content (AvgIpc) is 3.11. The lowest BCUT2D eigenvalue weighted by Gasteiger charge is -2.34. The van der Waals surface area contributed by atoms with Gasteiger partial charge in [-0.15, -0.1) is 0 Å². The Bertz CT molecular complexity index is 1030. The Morgan fingerprint density at radius 3 is 2.41 bits per heavy atom. The third-order valence-corrected chi connectivity index (χ3v) is 5.95. The topological polar surface area (TPSA) is 48.5 Å². The average molecular weight is 441 g/mol. The van der Waals surface area contributed by atoms with Gasteiger partial charge in [0.15, 0.2) is 5.13 Å². The van der Waals surface area contributed by atoms with Gasteiger partial charge in [0.1, 0.15) is 0 Å². The number of anilines is 2. The minimum Gasteiger partial charge on any atom is -0.345 e. The quantitative estimate of drug-likeness (QED) is 0.586. The number of carbonyl (C=O) groups excluding carboxylic acids is 1. The maximum atomic E-state index is 12.6. The summed E-state index contributed by atoms with van der Waals surface area (Å²) in [6, 6.07) is 9.64. The molecular weight excluding hydrogens is 425 g/mol. The normalized spacial score (nSPS) is 15.0. The Labute approximate surface area is 173 Å². The highest BCUT2D eigenvalue weighted by molar-refractivity contribution is 7.22. The van der Waals surface area contributed by atoms with Crippen LogP contribution in [0.1, 0.15) is 5.56 Å². The number of alkyl halides is 3. The molecule has 5 nitrogen and oxygen atoms in total. The van der Waals surface area contributed by atoms with Gasteiger partial charge < -0.3 is 15.1 Å². The van der Waals surface area contributed by atoms with E-state index in [1.165, 1.54) is 12.1 Å². The zero-order valence-electron chi connectivity index (χ0n) is 15.0. The lowest BCUT2D eigenvalue weighted by Crippen LogP contribution is -2.50. The zero-order chi connectivity index (χ0) is 20.6. The summed E-state index contributed by atoms with van der Waals surface area (Å²) in [7, 11) is 0. The molecule has 0 spiro atoms. The molecule has 0 unspecified atom stereocenters. The highest BCUT2D eigenvalue weighted by atomic mass is 35.5. The summed E-state index contributed by atoms with van der Waals surface area (Å²) in [6.45, 7) is 2.22. The number of fused-ring (bicyclic) bond motifs is 1. The Morgan fingerprint density at radius 2 is 1.76 bits per heavy atom. The minimum absolute atomic E-state index is 0.327. The van der Waals surface area contributed by atoms with Gasteiger partial charge in [-0.05, 0) is 42.5 Å². The molecule has 0 atom stereocenters. The van der Waals surface area contributed by atoms with Crippen molar-refractivity contribution in [2.45, 2.75) is 6.18 Å². The number of aromatic nitrogens is 1. The summed E-state index contributed by atoms with van der Waals surface area (Å²) >= 11 is 7.58. The van der Waals surface area contributed by atoms with Gasteiger partial charge >= 0.3 is 12.2 Å². The summed E-state index contributed by atoms with van der Waals surface area (Å²) < 4.78 is 38.9. The van der Waals surface area contributed by atoms with E-state index in [-0.39, 0.29) is 6.03 Å². The van der Waals surface area contributed by atoms with Crippen LogP contribution in [0.2, 0.25) is 5.02 Å². The van der Waals surface area contributed by atoms with E-state index >= 15 is 0 Å². The van der Waals surface area contributed by atoms with Gasteiger partial charge in [0, 0.05) is 36.9 Å². The van der Waals surface area contributed by atoms with Crippen LogP contribution in [0.5, 0.6) is 0 Å². The first-order chi connectivity index (χ1) is 13.8. The smallest absolute Gasteiger partial charge is 0.345 e. The van der Waals surface area contributed by atoms with E-state index < -0.39 is 11.7 Å². The lowest BCUT2D eigenvalue weighted by molar-refractivity contribution is -0.137. The zero-order valence-corrected chi connectivity index (χ0v) is 16.6. The lowest BCUT2D eigenvalue weighted by atomic mass is 10.2. The van der Waals surface area contributed by atoms with Crippen molar-refractivity contribution < 1.29 is 18.0 Å². The molecule has 4 rings (SSSR count). The predicted molar refractivity (Wildman–Crippen MR) is 109 cm³/mol. The standard InChI is InChI=1S/C19H16ClF3N4OS/c20-13-3-6-15-16(11-13)29-18(25-15)27-9-7-26(8-10-27)17(28)24-14-4-1-12(2-5-14)19(21,22)23/h1-6,11H,7-10H2,(H,24,28). The first-order valence-corrected chi connectivity index (χ1v) is 10.0. The van der Waals surface area contributed by atoms with Crippen molar-refractivity contribution in [2.75, 3.05) is 36.4 Å². The summed E-state index contributed by atoms with van der Waals surface area (Å²) in [4.78, 5) is 20.8. The van der Waals surface area contributed by atoms with Crippen LogP contribution in [0, 0.1) is 0 Å². The molecule has 2 aromatic carbocycles. The molecule has 0 aliphatic carbocycles. The molecule has 10 heteroatoms. The number of urea groups is 1. The summed E-state index contributed by atoms with van der Waals surface area (Å²) in [6.07, 6.45) is -4.40. The SMILES string of the molecule is O=C(Nc1ccc(C(F)(F)F)cc1)N1CCN(c2nc3ccc(Cl)cc3s2)CC1. The van der Waals surface area contributed by atoms with Crippen molar-refractivity contribution in [3.8, 4) is 0 Å². The van der Waals surface area contributed by atoms with E-state index in [0.717, 1.165) is 27.5 Å². The molecule has 1 saturated heterocycles. The highest BCUT2D eigenvalue weighted by Crippen LogP contribution is 2.32. The monoisotopic (exact) mass is 440 g/mol. The molecule has 1 fully saturated rings. The van der Waals surface area contributed by atoms with Gasteiger partial charge in [0.25, 0.3) is 0 Å². The number of amides is 2. The molecule has 1 aliphatic heterocycles. The Balaban J connectivity index is 1.35. The second-order valence-corrected chi connectivity index (χ2v) is 8.03. The van der Waals surface area contributed by atoms with E-state index in [0.29, 0.717) is 36.9 Å². The van der Waals surface area contributed by atoms with Crippen molar-refractivity contribution in [2.24, 2.45) is 0 Å². The summed E-state index contributed by atoms with van der Waals surface area (Å²) in [5.74, 6) is 0. The Hall–Kier alpha value is -2.52. The van der Waals surface area contributed by atoms with Crippen molar-refractivity contribution in [3.63, 3.8) is 0 Å². The largest absolute Gasteiger partial charge is 0.416 e. The number of nitrogens with one attached hydrogen (secondary N) is 1. The van der Waals surface area contributed by atoms with Gasteiger partial charge in [-0.25, -0.2) is 9.78 Å². The Morgan fingerprint density at radius 1 is 1.07 bits per heavy atom. The third-order valence-electron chi connectivity index (χ3n) is 4.64. The molecule has 3 aromatic rings. The number of nitrogens with zero attached hydrogens (tertiary/aromatic N) is 3. The number of benzene rings is 2. The van der Waals surface area contributed by atoms with Crippen molar-refractivity contribution in [1.82, 2.24) is 9.88 Å². The van der Waals surface area contributed by atoms with Gasteiger partial charge in [-0.2, -0.15) is 13.2 Å². The molecule has 2 heterocycles. The number of hydrogen-bond donors (Lipinski definition) is 1.